The highest BCUT2D eigenvalue weighted by Gasteiger charge is 2.17. The summed E-state index contributed by atoms with van der Waals surface area (Å²) < 4.78 is 17.6. The minimum atomic E-state index is -0.865. The summed E-state index contributed by atoms with van der Waals surface area (Å²) in [7, 11) is 0. The van der Waals surface area contributed by atoms with E-state index in [-0.39, 0.29) is 24.4 Å². The number of ether oxygens (including phenoxy) is 1. The van der Waals surface area contributed by atoms with Crippen molar-refractivity contribution in [3.8, 4) is 6.07 Å². The Morgan fingerprint density at radius 1 is 1.45 bits per heavy atom. The molecular formula is C13H16FN3O3. The first-order valence-corrected chi connectivity index (χ1v) is 6.09. The van der Waals surface area contributed by atoms with Crippen LogP contribution in [0.5, 0.6) is 0 Å². The van der Waals surface area contributed by atoms with Crippen molar-refractivity contribution in [1.82, 2.24) is 4.98 Å². The number of amides is 1. The zero-order valence-corrected chi connectivity index (χ0v) is 11.6. The average molecular weight is 281 g/mol. The molecule has 0 saturated carbocycles. The predicted octanol–water partition coefficient (Wildman–Crippen LogP) is 2.28. The van der Waals surface area contributed by atoms with Gasteiger partial charge in [-0.15, -0.1) is 0 Å². The SMILES string of the molecule is CC.CCOC(=O)c1nc(F)ccc1NC(=O)CC#N. The average Bonchev–Trinajstić information content (AvgIpc) is 2.43. The normalized spacial score (nSPS) is 8.75. The van der Waals surface area contributed by atoms with E-state index < -0.39 is 17.8 Å². The van der Waals surface area contributed by atoms with E-state index in [1.54, 1.807) is 13.0 Å². The van der Waals surface area contributed by atoms with Gasteiger partial charge in [-0.25, -0.2) is 9.78 Å². The Morgan fingerprint density at radius 2 is 2.10 bits per heavy atom. The fraction of sp³-hybridized carbons (Fsp3) is 0.385. The number of esters is 1. The number of nitrogens with zero attached hydrogens (tertiary/aromatic N) is 2. The number of carbonyl (C=O) groups excluding carboxylic acids is 2. The van der Waals surface area contributed by atoms with Crippen molar-refractivity contribution in [2.24, 2.45) is 0 Å². The van der Waals surface area contributed by atoms with E-state index in [2.05, 4.69) is 15.0 Å². The summed E-state index contributed by atoms with van der Waals surface area (Å²) in [5, 5.41) is 10.6. The van der Waals surface area contributed by atoms with Gasteiger partial charge in [0, 0.05) is 0 Å². The van der Waals surface area contributed by atoms with Crippen LogP contribution >= 0.6 is 0 Å². The number of hydrogen-bond donors (Lipinski definition) is 1. The fourth-order valence-electron chi connectivity index (χ4n) is 1.16. The van der Waals surface area contributed by atoms with Crippen molar-refractivity contribution < 1.29 is 18.7 Å². The van der Waals surface area contributed by atoms with Crippen LogP contribution in [0.3, 0.4) is 0 Å². The van der Waals surface area contributed by atoms with E-state index in [0.29, 0.717) is 0 Å². The summed E-state index contributed by atoms with van der Waals surface area (Å²) in [5.74, 6) is -2.32. The minimum Gasteiger partial charge on any atom is -0.461 e. The standard InChI is InChI=1S/C11H10FN3O3.C2H6/c1-2-18-11(17)10-7(3-4-8(12)15-10)14-9(16)5-6-13;1-2/h3-4H,2,5H2,1H3,(H,14,16);1-2H3. The molecule has 0 radical (unpaired) electrons. The van der Waals surface area contributed by atoms with Crippen molar-refractivity contribution in [1.29, 1.82) is 5.26 Å². The largest absolute Gasteiger partial charge is 0.461 e. The quantitative estimate of drug-likeness (QED) is 0.675. The van der Waals surface area contributed by atoms with Crippen LogP contribution in [-0.2, 0) is 9.53 Å². The Kier molecular flexibility index (Phi) is 8.27. The lowest BCUT2D eigenvalue weighted by Crippen LogP contribution is -2.17. The lowest BCUT2D eigenvalue weighted by atomic mass is 10.2. The third-order valence-electron chi connectivity index (χ3n) is 1.84. The van der Waals surface area contributed by atoms with Crippen LogP contribution in [0.25, 0.3) is 0 Å². The first-order valence-electron chi connectivity index (χ1n) is 6.09. The van der Waals surface area contributed by atoms with E-state index in [4.69, 9.17) is 5.26 Å². The molecule has 20 heavy (non-hydrogen) atoms. The number of carbonyl (C=O) groups is 2. The molecule has 0 spiro atoms. The zero-order valence-electron chi connectivity index (χ0n) is 11.6. The highest BCUT2D eigenvalue weighted by Crippen LogP contribution is 2.15. The van der Waals surface area contributed by atoms with Gasteiger partial charge in [-0.3, -0.25) is 4.79 Å². The van der Waals surface area contributed by atoms with Gasteiger partial charge in [0.15, 0.2) is 5.69 Å². The number of hydrogen-bond acceptors (Lipinski definition) is 5. The van der Waals surface area contributed by atoms with Gasteiger partial charge in [0.25, 0.3) is 0 Å². The molecule has 0 aromatic carbocycles. The van der Waals surface area contributed by atoms with E-state index in [1.807, 2.05) is 13.8 Å². The molecule has 1 aromatic heterocycles. The zero-order chi connectivity index (χ0) is 15.5. The second-order valence-electron chi connectivity index (χ2n) is 3.13. The van der Waals surface area contributed by atoms with Crippen molar-refractivity contribution in [3.63, 3.8) is 0 Å². The molecule has 1 heterocycles. The van der Waals surface area contributed by atoms with Crippen LogP contribution < -0.4 is 5.32 Å². The maximum Gasteiger partial charge on any atom is 0.359 e. The van der Waals surface area contributed by atoms with Crippen molar-refractivity contribution in [3.05, 3.63) is 23.8 Å². The molecule has 0 unspecified atom stereocenters. The molecule has 1 rings (SSSR count). The highest BCUT2D eigenvalue weighted by molar-refractivity contribution is 6.00. The number of nitriles is 1. The van der Waals surface area contributed by atoms with Crippen LogP contribution in [-0.4, -0.2) is 23.5 Å². The lowest BCUT2D eigenvalue weighted by molar-refractivity contribution is -0.115. The van der Waals surface area contributed by atoms with E-state index >= 15 is 0 Å². The molecule has 0 aliphatic rings. The number of halogens is 1. The first-order chi connectivity index (χ1) is 9.58. The highest BCUT2D eigenvalue weighted by atomic mass is 19.1. The van der Waals surface area contributed by atoms with Gasteiger partial charge in [-0.05, 0) is 19.1 Å². The van der Waals surface area contributed by atoms with E-state index in [0.717, 1.165) is 6.07 Å². The van der Waals surface area contributed by atoms with Gasteiger partial charge in [0.2, 0.25) is 11.9 Å². The summed E-state index contributed by atoms with van der Waals surface area (Å²) in [6, 6.07) is 3.83. The summed E-state index contributed by atoms with van der Waals surface area (Å²) in [4.78, 5) is 26.1. The van der Waals surface area contributed by atoms with Crippen LogP contribution in [0.4, 0.5) is 10.1 Å². The third kappa shape index (κ3) is 5.44. The smallest absolute Gasteiger partial charge is 0.359 e. The molecule has 0 aliphatic heterocycles. The number of anilines is 1. The second kappa shape index (κ2) is 9.44. The maximum atomic E-state index is 12.9. The number of nitrogens with one attached hydrogen (secondary N) is 1. The molecule has 0 bridgehead atoms. The van der Waals surface area contributed by atoms with Crippen LogP contribution in [0, 0.1) is 17.3 Å². The predicted molar refractivity (Wildman–Crippen MR) is 70.4 cm³/mol. The van der Waals surface area contributed by atoms with Gasteiger partial charge in [-0.1, -0.05) is 13.8 Å². The number of pyridine rings is 1. The molecule has 0 aliphatic carbocycles. The molecule has 0 atom stereocenters. The van der Waals surface area contributed by atoms with Crippen LogP contribution in [0.15, 0.2) is 12.1 Å². The lowest BCUT2D eigenvalue weighted by Gasteiger charge is -2.08. The fourth-order valence-corrected chi connectivity index (χ4v) is 1.16. The Bertz CT molecular complexity index is 512. The molecule has 7 heteroatoms. The van der Waals surface area contributed by atoms with Gasteiger partial charge in [0.05, 0.1) is 18.4 Å². The van der Waals surface area contributed by atoms with Crippen molar-refractivity contribution in [2.45, 2.75) is 27.2 Å². The third-order valence-corrected chi connectivity index (χ3v) is 1.84. The van der Waals surface area contributed by atoms with Crippen LogP contribution in [0.1, 0.15) is 37.7 Å². The summed E-state index contributed by atoms with van der Waals surface area (Å²) >= 11 is 0. The summed E-state index contributed by atoms with van der Waals surface area (Å²) in [6.45, 7) is 5.69. The number of rotatable bonds is 4. The Labute approximate surface area is 116 Å². The second-order valence-corrected chi connectivity index (χ2v) is 3.13. The van der Waals surface area contributed by atoms with Crippen LogP contribution in [0.2, 0.25) is 0 Å². The molecule has 1 amide bonds. The first kappa shape index (κ1) is 17.5. The molecule has 1 N–H and O–H groups in total. The Hall–Kier alpha value is -2.49. The van der Waals surface area contributed by atoms with Crippen molar-refractivity contribution in [2.75, 3.05) is 11.9 Å². The molecule has 1 aromatic rings. The summed E-state index contributed by atoms with van der Waals surface area (Å²) in [6.07, 6.45) is -0.375. The summed E-state index contributed by atoms with van der Waals surface area (Å²) in [5.41, 5.74) is -0.321. The molecule has 0 saturated heterocycles. The molecular weight excluding hydrogens is 265 g/mol. The van der Waals surface area contributed by atoms with Gasteiger partial charge >= 0.3 is 5.97 Å². The minimum absolute atomic E-state index is 0.00935. The molecule has 6 nitrogen and oxygen atoms in total. The maximum absolute atomic E-state index is 12.9. The Morgan fingerprint density at radius 3 is 2.65 bits per heavy atom. The van der Waals surface area contributed by atoms with Gasteiger partial charge in [0.1, 0.15) is 6.42 Å². The molecule has 0 fully saturated rings. The Balaban J connectivity index is 0.00000172. The molecule has 108 valence electrons. The van der Waals surface area contributed by atoms with Crippen molar-refractivity contribution >= 4 is 17.6 Å². The van der Waals surface area contributed by atoms with Gasteiger partial charge in [-0.2, -0.15) is 9.65 Å². The van der Waals surface area contributed by atoms with E-state index in [1.165, 1.54) is 6.07 Å². The topological polar surface area (TPSA) is 92.1 Å². The number of aromatic nitrogens is 1. The monoisotopic (exact) mass is 281 g/mol. The van der Waals surface area contributed by atoms with E-state index in [9.17, 15) is 14.0 Å². The van der Waals surface area contributed by atoms with Gasteiger partial charge < -0.3 is 10.1 Å².